The summed E-state index contributed by atoms with van der Waals surface area (Å²) < 4.78 is 13.6. The van der Waals surface area contributed by atoms with Crippen molar-refractivity contribution in [2.24, 2.45) is 0 Å². The molecule has 1 aromatic rings. The molecular weight excluding hydrogens is 215 g/mol. The highest BCUT2D eigenvalue weighted by Gasteiger charge is 2.31. The smallest absolute Gasteiger partial charge is 0.143 e. The lowest BCUT2D eigenvalue weighted by Crippen LogP contribution is -2.34. The van der Waals surface area contributed by atoms with E-state index in [0.717, 1.165) is 24.9 Å². The monoisotopic (exact) mass is 232 g/mol. The standard InChI is InChI=1S/C14H17FN2/c1-3-11-8-7-10(2)17(11)14-6-4-5-13(15)12(14)9-16/h4-6,10-11H,3,7-8H2,1-2H3. The van der Waals surface area contributed by atoms with Crippen LogP contribution in [-0.2, 0) is 0 Å². The van der Waals surface area contributed by atoms with Gasteiger partial charge in [0, 0.05) is 12.1 Å². The summed E-state index contributed by atoms with van der Waals surface area (Å²) in [5.74, 6) is -0.418. The molecule has 1 aromatic carbocycles. The van der Waals surface area contributed by atoms with Crippen molar-refractivity contribution < 1.29 is 4.39 Å². The molecular formula is C14H17FN2. The van der Waals surface area contributed by atoms with Gasteiger partial charge in [0.1, 0.15) is 17.4 Å². The molecule has 90 valence electrons. The van der Waals surface area contributed by atoms with Crippen LogP contribution in [0.1, 0.15) is 38.7 Å². The molecule has 3 heteroatoms. The van der Waals surface area contributed by atoms with E-state index < -0.39 is 5.82 Å². The van der Waals surface area contributed by atoms with Crippen molar-refractivity contribution in [1.29, 1.82) is 5.26 Å². The number of halogens is 1. The van der Waals surface area contributed by atoms with Crippen LogP contribution in [0.15, 0.2) is 18.2 Å². The highest BCUT2D eigenvalue weighted by Crippen LogP contribution is 2.34. The quantitative estimate of drug-likeness (QED) is 0.780. The second-order valence-electron chi connectivity index (χ2n) is 4.64. The SMILES string of the molecule is CCC1CCC(C)N1c1cccc(F)c1C#N. The van der Waals surface area contributed by atoms with E-state index in [2.05, 4.69) is 18.7 Å². The predicted molar refractivity (Wildman–Crippen MR) is 66.4 cm³/mol. The molecule has 2 atom stereocenters. The molecule has 0 spiro atoms. The van der Waals surface area contributed by atoms with Crippen LogP contribution in [0.5, 0.6) is 0 Å². The molecule has 2 unspecified atom stereocenters. The van der Waals surface area contributed by atoms with Gasteiger partial charge in [0.2, 0.25) is 0 Å². The summed E-state index contributed by atoms with van der Waals surface area (Å²) in [5.41, 5.74) is 0.934. The van der Waals surface area contributed by atoms with E-state index in [1.807, 2.05) is 12.1 Å². The van der Waals surface area contributed by atoms with Crippen molar-refractivity contribution in [3.63, 3.8) is 0 Å². The zero-order valence-corrected chi connectivity index (χ0v) is 10.3. The summed E-state index contributed by atoms with van der Waals surface area (Å²) >= 11 is 0. The van der Waals surface area contributed by atoms with Gasteiger partial charge >= 0.3 is 0 Å². The lowest BCUT2D eigenvalue weighted by Gasteiger charge is -2.31. The van der Waals surface area contributed by atoms with Gasteiger partial charge in [0.05, 0.1) is 5.69 Å². The Bertz CT molecular complexity index is 450. The van der Waals surface area contributed by atoms with Crippen molar-refractivity contribution in [1.82, 2.24) is 0 Å². The fourth-order valence-electron chi connectivity index (χ4n) is 2.75. The lowest BCUT2D eigenvalue weighted by molar-refractivity contribution is 0.607. The first kappa shape index (κ1) is 11.9. The Morgan fingerprint density at radius 1 is 1.47 bits per heavy atom. The van der Waals surface area contributed by atoms with Crippen molar-refractivity contribution in [3.8, 4) is 6.07 Å². The summed E-state index contributed by atoms with van der Waals surface area (Å²) in [4.78, 5) is 2.21. The molecule has 1 saturated heterocycles. The molecule has 0 amide bonds. The Balaban J connectivity index is 2.46. The lowest BCUT2D eigenvalue weighted by atomic mass is 10.1. The molecule has 1 aliphatic heterocycles. The maximum absolute atomic E-state index is 13.6. The number of rotatable bonds is 2. The Kier molecular flexibility index (Phi) is 3.33. The van der Waals surface area contributed by atoms with Crippen LogP contribution < -0.4 is 4.90 Å². The van der Waals surface area contributed by atoms with Crippen LogP contribution in [0, 0.1) is 17.1 Å². The maximum Gasteiger partial charge on any atom is 0.143 e. The second kappa shape index (κ2) is 4.75. The van der Waals surface area contributed by atoms with Crippen LogP contribution in [0.4, 0.5) is 10.1 Å². The molecule has 0 bridgehead atoms. The van der Waals surface area contributed by atoms with Gasteiger partial charge in [0.25, 0.3) is 0 Å². The molecule has 0 aliphatic carbocycles. The summed E-state index contributed by atoms with van der Waals surface area (Å²) in [5, 5.41) is 9.09. The van der Waals surface area contributed by atoms with Crippen molar-refractivity contribution in [2.45, 2.75) is 45.2 Å². The average Bonchev–Trinajstić information content (AvgIpc) is 2.70. The Hall–Kier alpha value is -1.56. The molecule has 1 aliphatic rings. The van der Waals surface area contributed by atoms with E-state index in [0.29, 0.717) is 12.1 Å². The first-order valence-corrected chi connectivity index (χ1v) is 6.16. The van der Waals surface area contributed by atoms with E-state index >= 15 is 0 Å². The van der Waals surface area contributed by atoms with E-state index in [1.54, 1.807) is 6.07 Å². The van der Waals surface area contributed by atoms with Crippen LogP contribution in [0.25, 0.3) is 0 Å². The third kappa shape index (κ3) is 2.00. The summed E-state index contributed by atoms with van der Waals surface area (Å²) in [7, 11) is 0. The summed E-state index contributed by atoms with van der Waals surface area (Å²) in [6.45, 7) is 4.28. The van der Waals surface area contributed by atoms with Gasteiger partial charge in [-0.1, -0.05) is 13.0 Å². The molecule has 17 heavy (non-hydrogen) atoms. The Labute approximate surface area is 102 Å². The van der Waals surface area contributed by atoms with Gasteiger partial charge in [-0.2, -0.15) is 5.26 Å². The first-order valence-electron chi connectivity index (χ1n) is 6.16. The molecule has 0 aromatic heterocycles. The number of benzene rings is 1. The molecule has 0 N–H and O–H groups in total. The number of nitriles is 1. The number of anilines is 1. The van der Waals surface area contributed by atoms with E-state index in [4.69, 9.17) is 5.26 Å². The number of nitrogens with zero attached hydrogens (tertiary/aromatic N) is 2. The third-order valence-corrected chi connectivity index (χ3v) is 3.64. The summed E-state index contributed by atoms with van der Waals surface area (Å²) in [6.07, 6.45) is 3.27. The Morgan fingerprint density at radius 2 is 2.24 bits per heavy atom. The molecule has 1 fully saturated rings. The van der Waals surface area contributed by atoms with Crippen LogP contribution >= 0.6 is 0 Å². The van der Waals surface area contributed by atoms with E-state index in [9.17, 15) is 4.39 Å². The normalized spacial score (nSPS) is 23.8. The van der Waals surface area contributed by atoms with Gasteiger partial charge in [-0.15, -0.1) is 0 Å². The molecule has 2 rings (SSSR count). The van der Waals surface area contributed by atoms with Crippen LogP contribution in [0.2, 0.25) is 0 Å². The minimum atomic E-state index is -0.418. The largest absolute Gasteiger partial charge is 0.365 e. The zero-order chi connectivity index (χ0) is 12.4. The highest BCUT2D eigenvalue weighted by molar-refractivity contribution is 5.61. The molecule has 2 nitrogen and oxygen atoms in total. The van der Waals surface area contributed by atoms with Crippen molar-refractivity contribution in [2.75, 3.05) is 4.90 Å². The van der Waals surface area contributed by atoms with Gasteiger partial charge in [-0.25, -0.2) is 4.39 Å². The fraction of sp³-hybridized carbons (Fsp3) is 0.500. The molecule has 0 radical (unpaired) electrons. The van der Waals surface area contributed by atoms with Gasteiger partial charge in [-0.05, 0) is 38.3 Å². The van der Waals surface area contributed by atoms with Crippen LogP contribution in [-0.4, -0.2) is 12.1 Å². The van der Waals surface area contributed by atoms with Crippen LogP contribution in [0.3, 0.4) is 0 Å². The topological polar surface area (TPSA) is 27.0 Å². The first-order chi connectivity index (χ1) is 8.19. The van der Waals surface area contributed by atoms with Gasteiger partial charge in [-0.3, -0.25) is 0 Å². The van der Waals surface area contributed by atoms with Crippen molar-refractivity contribution in [3.05, 3.63) is 29.6 Å². The average molecular weight is 232 g/mol. The second-order valence-corrected chi connectivity index (χ2v) is 4.64. The number of hydrogen-bond donors (Lipinski definition) is 0. The van der Waals surface area contributed by atoms with E-state index in [-0.39, 0.29) is 5.56 Å². The summed E-state index contributed by atoms with van der Waals surface area (Å²) in [6, 6.07) is 7.69. The third-order valence-electron chi connectivity index (χ3n) is 3.64. The van der Waals surface area contributed by atoms with Gasteiger partial charge in [0.15, 0.2) is 0 Å². The maximum atomic E-state index is 13.6. The zero-order valence-electron chi connectivity index (χ0n) is 10.3. The number of hydrogen-bond acceptors (Lipinski definition) is 2. The molecule has 0 saturated carbocycles. The van der Waals surface area contributed by atoms with Gasteiger partial charge < -0.3 is 4.90 Å². The fourth-order valence-corrected chi connectivity index (χ4v) is 2.75. The highest BCUT2D eigenvalue weighted by atomic mass is 19.1. The minimum Gasteiger partial charge on any atom is -0.365 e. The molecule has 1 heterocycles. The Morgan fingerprint density at radius 3 is 2.88 bits per heavy atom. The predicted octanol–water partition coefficient (Wildman–Crippen LogP) is 3.46. The van der Waals surface area contributed by atoms with E-state index in [1.165, 1.54) is 6.07 Å². The minimum absolute atomic E-state index is 0.180. The van der Waals surface area contributed by atoms with Crippen molar-refractivity contribution >= 4 is 5.69 Å².